The number of nitrogens with one attached hydrogen (secondary N) is 1. The third-order valence-corrected chi connectivity index (χ3v) is 2.93. The fourth-order valence-electron chi connectivity index (χ4n) is 1.75. The molecule has 0 aliphatic heterocycles. The molecule has 7 heteroatoms. The van der Waals surface area contributed by atoms with Crippen molar-refractivity contribution in [1.82, 2.24) is 0 Å². The number of carbonyl (C=O) groups is 2. The molecule has 3 N–H and O–H groups in total. The first-order chi connectivity index (χ1) is 11.5. The van der Waals surface area contributed by atoms with E-state index in [-0.39, 0.29) is 0 Å². The Kier molecular flexibility index (Phi) is 7.63. The van der Waals surface area contributed by atoms with Crippen molar-refractivity contribution in [2.45, 2.75) is 6.54 Å². The quantitative estimate of drug-likeness (QED) is 0.722. The average Bonchev–Trinajstić information content (AvgIpc) is 2.61. The lowest BCUT2D eigenvalue weighted by molar-refractivity contribution is -0.159. The molecule has 0 radical (unpaired) electrons. The van der Waals surface area contributed by atoms with Gasteiger partial charge in [-0.25, -0.2) is 9.59 Å². The highest BCUT2D eigenvalue weighted by atomic mass is 16.5. The van der Waals surface area contributed by atoms with Gasteiger partial charge in [0.1, 0.15) is 11.5 Å². The first kappa shape index (κ1) is 18.8. The third kappa shape index (κ3) is 6.27. The molecular weight excluding hydrogens is 314 g/mol. The van der Waals surface area contributed by atoms with Crippen LogP contribution in [0.4, 0.5) is 5.69 Å². The predicted octanol–water partition coefficient (Wildman–Crippen LogP) is 2.47. The number of ether oxygens (including phenoxy) is 2. The van der Waals surface area contributed by atoms with Gasteiger partial charge in [-0.15, -0.1) is 0 Å². The first-order valence-corrected chi connectivity index (χ1v) is 6.94. The number of aliphatic carboxylic acids is 2. The topological polar surface area (TPSA) is 105 Å². The van der Waals surface area contributed by atoms with E-state index >= 15 is 0 Å². The van der Waals surface area contributed by atoms with E-state index in [0.29, 0.717) is 0 Å². The van der Waals surface area contributed by atoms with Crippen molar-refractivity contribution in [2.24, 2.45) is 0 Å². The molecule has 0 bridgehead atoms. The number of rotatable bonds is 5. The summed E-state index contributed by atoms with van der Waals surface area (Å²) in [6, 6.07) is 15.9. The van der Waals surface area contributed by atoms with Gasteiger partial charge in [0.25, 0.3) is 0 Å². The molecule has 0 aromatic heterocycles. The molecule has 0 heterocycles. The molecule has 0 aliphatic rings. The normalized spacial score (nSPS) is 9.25. The maximum absolute atomic E-state index is 9.10. The Labute approximate surface area is 139 Å². The van der Waals surface area contributed by atoms with Gasteiger partial charge in [-0.1, -0.05) is 18.2 Å². The molecule has 2 rings (SSSR count). The van der Waals surface area contributed by atoms with Crippen molar-refractivity contribution in [3.05, 3.63) is 54.1 Å². The molecule has 2 aromatic rings. The summed E-state index contributed by atoms with van der Waals surface area (Å²) in [5.74, 6) is -2.02. The highest BCUT2D eigenvalue weighted by molar-refractivity contribution is 6.27. The Balaban J connectivity index is 0.000000413. The zero-order chi connectivity index (χ0) is 17.9. The monoisotopic (exact) mass is 333 g/mol. The number of anilines is 1. The van der Waals surface area contributed by atoms with Crippen LogP contribution >= 0.6 is 0 Å². The molecule has 7 nitrogen and oxygen atoms in total. The Morgan fingerprint density at radius 3 is 2.08 bits per heavy atom. The molecule has 2 aromatic carbocycles. The summed E-state index contributed by atoms with van der Waals surface area (Å²) in [6.07, 6.45) is 0. The molecule has 0 spiro atoms. The second-order valence-corrected chi connectivity index (χ2v) is 4.51. The van der Waals surface area contributed by atoms with Crippen molar-refractivity contribution < 1.29 is 29.3 Å². The lowest BCUT2D eigenvalue weighted by Crippen LogP contribution is -2.09. The van der Waals surface area contributed by atoms with Crippen LogP contribution in [0.25, 0.3) is 0 Å². The summed E-state index contributed by atoms with van der Waals surface area (Å²) in [5.41, 5.74) is 2.19. The number of carboxylic acid groups (broad SMARTS) is 2. The Morgan fingerprint density at radius 2 is 1.58 bits per heavy atom. The van der Waals surface area contributed by atoms with Gasteiger partial charge in [0.05, 0.1) is 14.2 Å². The van der Waals surface area contributed by atoms with Crippen molar-refractivity contribution >= 4 is 17.6 Å². The van der Waals surface area contributed by atoms with Gasteiger partial charge in [0, 0.05) is 23.9 Å². The van der Waals surface area contributed by atoms with Gasteiger partial charge in [0.2, 0.25) is 0 Å². The number of benzene rings is 2. The van der Waals surface area contributed by atoms with Gasteiger partial charge in [-0.05, 0) is 24.3 Å². The largest absolute Gasteiger partial charge is 0.497 e. The molecule has 0 saturated carbocycles. The predicted molar refractivity (Wildman–Crippen MR) is 88.6 cm³/mol. The molecular formula is C17H19NO6. The summed E-state index contributed by atoms with van der Waals surface area (Å²) in [4.78, 5) is 18.2. The summed E-state index contributed by atoms with van der Waals surface area (Å²) in [6.45, 7) is 0.719. The smallest absolute Gasteiger partial charge is 0.414 e. The summed E-state index contributed by atoms with van der Waals surface area (Å²) < 4.78 is 10.5. The zero-order valence-corrected chi connectivity index (χ0v) is 13.4. The molecule has 0 fully saturated rings. The van der Waals surface area contributed by atoms with Crippen molar-refractivity contribution in [2.75, 3.05) is 19.5 Å². The minimum absolute atomic E-state index is 0.719. The van der Waals surface area contributed by atoms with Crippen molar-refractivity contribution in [3.8, 4) is 11.5 Å². The Bertz CT molecular complexity index is 660. The Hall–Kier alpha value is -3.22. The van der Waals surface area contributed by atoms with E-state index in [4.69, 9.17) is 29.3 Å². The van der Waals surface area contributed by atoms with Crippen LogP contribution in [-0.4, -0.2) is 36.4 Å². The van der Waals surface area contributed by atoms with Gasteiger partial charge < -0.3 is 25.0 Å². The summed E-state index contributed by atoms with van der Waals surface area (Å²) in [5, 5.41) is 18.1. The second-order valence-electron chi connectivity index (χ2n) is 4.51. The first-order valence-electron chi connectivity index (χ1n) is 6.94. The highest BCUT2D eigenvalue weighted by Gasteiger charge is 2.05. The van der Waals surface area contributed by atoms with Crippen LogP contribution in [0, 0.1) is 0 Å². The van der Waals surface area contributed by atoms with E-state index in [1.165, 1.54) is 0 Å². The maximum atomic E-state index is 9.10. The number of hydrogen-bond acceptors (Lipinski definition) is 5. The number of carboxylic acids is 2. The molecule has 0 saturated heterocycles. The molecule has 0 atom stereocenters. The fourth-order valence-corrected chi connectivity index (χ4v) is 1.75. The lowest BCUT2D eigenvalue weighted by atomic mass is 10.2. The number of para-hydroxylation sites is 1. The van der Waals surface area contributed by atoms with E-state index in [1.807, 2.05) is 48.5 Å². The van der Waals surface area contributed by atoms with Crippen LogP contribution in [0.5, 0.6) is 11.5 Å². The molecule has 24 heavy (non-hydrogen) atoms. The molecule has 0 unspecified atom stereocenters. The van der Waals surface area contributed by atoms with Crippen molar-refractivity contribution in [3.63, 3.8) is 0 Å². The number of hydrogen-bond donors (Lipinski definition) is 3. The maximum Gasteiger partial charge on any atom is 0.414 e. The minimum Gasteiger partial charge on any atom is -0.497 e. The average molecular weight is 333 g/mol. The van der Waals surface area contributed by atoms with Gasteiger partial charge in [-0.2, -0.15) is 0 Å². The van der Waals surface area contributed by atoms with E-state index in [0.717, 1.165) is 29.3 Å². The SMILES string of the molecule is COc1ccc(CNc2ccccc2)c(OC)c1.O=C(O)C(=O)O. The van der Waals surface area contributed by atoms with E-state index in [9.17, 15) is 0 Å². The van der Waals surface area contributed by atoms with E-state index in [2.05, 4.69) is 5.32 Å². The third-order valence-electron chi connectivity index (χ3n) is 2.93. The fraction of sp³-hybridized carbons (Fsp3) is 0.176. The molecule has 128 valence electrons. The van der Waals surface area contributed by atoms with Crippen LogP contribution in [-0.2, 0) is 16.1 Å². The van der Waals surface area contributed by atoms with Crippen LogP contribution in [0.3, 0.4) is 0 Å². The molecule has 0 aliphatic carbocycles. The second kappa shape index (κ2) is 9.73. The highest BCUT2D eigenvalue weighted by Crippen LogP contribution is 2.25. The summed E-state index contributed by atoms with van der Waals surface area (Å²) in [7, 11) is 3.32. The lowest BCUT2D eigenvalue weighted by Gasteiger charge is -2.12. The molecule has 0 amide bonds. The minimum atomic E-state index is -1.82. The van der Waals surface area contributed by atoms with Crippen LogP contribution < -0.4 is 14.8 Å². The van der Waals surface area contributed by atoms with Gasteiger partial charge in [0.15, 0.2) is 0 Å². The summed E-state index contributed by atoms with van der Waals surface area (Å²) >= 11 is 0. The van der Waals surface area contributed by atoms with Crippen LogP contribution in [0.15, 0.2) is 48.5 Å². The van der Waals surface area contributed by atoms with Crippen molar-refractivity contribution in [1.29, 1.82) is 0 Å². The van der Waals surface area contributed by atoms with E-state index < -0.39 is 11.9 Å². The van der Waals surface area contributed by atoms with E-state index in [1.54, 1.807) is 14.2 Å². The van der Waals surface area contributed by atoms with Gasteiger partial charge >= 0.3 is 11.9 Å². The van der Waals surface area contributed by atoms with Crippen LogP contribution in [0.1, 0.15) is 5.56 Å². The zero-order valence-electron chi connectivity index (χ0n) is 13.4. The van der Waals surface area contributed by atoms with Crippen LogP contribution in [0.2, 0.25) is 0 Å². The van der Waals surface area contributed by atoms with Gasteiger partial charge in [-0.3, -0.25) is 0 Å². The Morgan fingerprint density at radius 1 is 0.958 bits per heavy atom. The number of methoxy groups -OCH3 is 2. The standard InChI is InChI=1S/C15H17NO2.C2H2O4/c1-17-14-9-8-12(15(10-14)18-2)11-16-13-6-4-3-5-7-13;3-1(4)2(5)6/h3-10,16H,11H2,1-2H3;(H,3,4)(H,5,6).